The van der Waals surface area contributed by atoms with Crippen molar-refractivity contribution in [2.24, 2.45) is 0 Å². The van der Waals surface area contributed by atoms with Gasteiger partial charge in [0.2, 0.25) is 12.7 Å². The Kier molecular flexibility index (Phi) is 4.00. The summed E-state index contributed by atoms with van der Waals surface area (Å²) in [6.45, 7) is 2.85. The van der Waals surface area contributed by atoms with Gasteiger partial charge in [-0.1, -0.05) is 30.3 Å². The third-order valence-corrected chi connectivity index (χ3v) is 3.89. The molecule has 0 spiro atoms. The van der Waals surface area contributed by atoms with Gasteiger partial charge in [-0.2, -0.15) is 0 Å². The van der Waals surface area contributed by atoms with Gasteiger partial charge in [0, 0.05) is 13.6 Å². The van der Waals surface area contributed by atoms with Gasteiger partial charge in [-0.3, -0.25) is 4.79 Å². The highest BCUT2D eigenvalue weighted by atomic mass is 16.7. The maximum Gasteiger partial charge on any atom is 0.231 e. The van der Waals surface area contributed by atoms with E-state index in [2.05, 4.69) is 0 Å². The number of fused-ring (bicyclic) bond motifs is 1. The topological polar surface area (TPSA) is 38.8 Å². The number of carbonyl (C=O) groups excluding carboxylic acids is 1. The van der Waals surface area contributed by atoms with E-state index in [0.717, 1.165) is 28.2 Å². The van der Waals surface area contributed by atoms with Crippen molar-refractivity contribution in [2.45, 2.75) is 19.9 Å². The van der Waals surface area contributed by atoms with Crippen LogP contribution in [0.2, 0.25) is 0 Å². The third kappa shape index (κ3) is 3.06. The van der Waals surface area contributed by atoms with Crippen LogP contribution in [-0.4, -0.2) is 24.6 Å². The lowest BCUT2D eigenvalue weighted by atomic mass is 10.1. The summed E-state index contributed by atoms with van der Waals surface area (Å²) in [7, 11) is 1.82. The molecule has 4 heteroatoms. The Labute approximate surface area is 130 Å². The number of hydrogen-bond donors (Lipinski definition) is 0. The molecule has 0 atom stereocenters. The molecule has 0 fully saturated rings. The van der Waals surface area contributed by atoms with E-state index >= 15 is 0 Å². The number of ether oxygens (including phenoxy) is 2. The SMILES string of the molecule is Cc1ccccc1CC(=O)N(C)Cc1ccc2c(c1)OCO2. The predicted molar refractivity (Wildman–Crippen MR) is 83.9 cm³/mol. The van der Waals surface area contributed by atoms with Crippen LogP contribution in [0, 0.1) is 6.92 Å². The molecule has 0 saturated carbocycles. The van der Waals surface area contributed by atoms with Crippen LogP contribution in [0.1, 0.15) is 16.7 Å². The lowest BCUT2D eigenvalue weighted by Gasteiger charge is -2.18. The molecule has 1 aliphatic heterocycles. The molecule has 0 aromatic heterocycles. The molecule has 1 aliphatic rings. The monoisotopic (exact) mass is 297 g/mol. The smallest absolute Gasteiger partial charge is 0.231 e. The summed E-state index contributed by atoms with van der Waals surface area (Å²) in [5.74, 6) is 1.61. The number of nitrogens with zero attached hydrogens (tertiary/aromatic N) is 1. The predicted octanol–water partition coefficient (Wildman–Crippen LogP) is 2.92. The molecule has 3 rings (SSSR count). The van der Waals surface area contributed by atoms with Crippen LogP contribution < -0.4 is 9.47 Å². The average Bonchev–Trinajstić information content (AvgIpc) is 2.97. The largest absolute Gasteiger partial charge is 0.454 e. The van der Waals surface area contributed by atoms with E-state index in [1.165, 1.54) is 0 Å². The van der Waals surface area contributed by atoms with Gasteiger partial charge in [-0.25, -0.2) is 0 Å². The van der Waals surface area contributed by atoms with Gasteiger partial charge in [0.15, 0.2) is 11.5 Å². The summed E-state index contributed by atoms with van der Waals surface area (Å²) < 4.78 is 10.7. The number of likely N-dealkylation sites (N-methyl/N-ethyl adjacent to an activating group) is 1. The first-order valence-electron chi connectivity index (χ1n) is 7.30. The van der Waals surface area contributed by atoms with Crippen LogP contribution in [0.3, 0.4) is 0 Å². The van der Waals surface area contributed by atoms with Crippen LogP contribution >= 0.6 is 0 Å². The van der Waals surface area contributed by atoms with Crippen molar-refractivity contribution in [1.82, 2.24) is 4.90 Å². The zero-order valence-corrected chi connectivity index (χ0v) is 12.8. The van der Waals surface area contributed by atoms with Crippen molar-refractivity contribution in [3.8, 4) is 11.5 Å². The molecule has 2 aromatic rings. The molecule has 1 heterocycles. The summed E-state index contributed by atoms with van der Waals surface area (Å²) in [5.41, 5.74) is 3.25. The molecular formula is C18H19NO3. The lowest BCUT2D eigenvalue weighted by molar-refractivity contribution is -0.129. The molecule has 2 aromatic carbocycles. The molecule has 4 nitrogen and oxygen atoms in total. The fourth-order valence-corrected chi connectivity index (χ4v) is 2.51. The maximum absolute atomic E-state index is 12.4. The quantitative estimate of drug-likeness (QED) is 0.871. The first-order chi connectivity index (χ1) is 10.6. The van der Waals surface area contributed by atoms with Crippen LogP contribution in [0.4, 0.5) is 0 Å². The van der Waals surface area contributed by atoms with Gasteiger partial charge < -0.3 is 14.4 Å². The van der Waals surface area contributed by atoms with E-state index in [4.69, 9.17) is 9.47 Å². The molecule has 114 valence electrons. The van der Waals surface area contributed by atoms with Crippen molar-refractivity contribution < 1.29 is 14.3 Å². The normalized spacial score (nSPS) is 12.3. The Bertz CT molecular complexity index is 696. The Morgan fingerprint density at radius 1 is 1.14 bits per heavy atom. The Hall–Kier alpha value is -2.49. The minimum Gasteiger partial charge on any atom is -0.454 e. The number of benzene rings is 2. The van der Waals surface area contributed by atoms with Crippen LogP contribution in [0.15, 0.2) is 42.5 Å². The third-order valence-electron chi connectivity index (χ3n) is 3.89. The number of amides is 1. The molecule has 0 saturated heterocycles. The minimum atomic E-state index is 0.104. The Morgan fingerprint density at radius 3 is 2.73 bits per heavy atom. The average molecular weight is 297 g/mol. The molecule has 0 aliphatic carbocycles. The Morgan fingerprint density at radius 2 is 1.91 bits per heavy atom. The Balaban J connectivity index is 1.65. The van der Waals surface area contributed by atoms with Crippen molar-refractivity contribution in [2.75, 3.05) is 13.8 Å². The van der Waals surface area contributed by atoms with E-state index in [0.29, 0.717) is 13.0 Å². The molecule has 0 unspecified atom stereocenters. The van der Waals surface area contributed by atoms with Crippen molar-refractivity contribution in [1.29, 1.82) is 0 Å². The molecule has 0 bridgehead atoms. The van der Waals surface area contributed by atoms with Crippen LogP contribution in [-0.2, 0) is 17.8 Å². The molecule has 0 N–H and O–H groups in total. The van der Waals surface area contributed by atoms with Gasteiger partial charge in [-0.05, 0) is 35.7 Å². The standard InChI is InChI=1S/C18H19NO3/c1-13-5-3-4-6-15(13)10-18(20)19(2)11-14-7-8-16-17(9-14)22-12-21-16/h3-9H,10-12H2,1-2H3. The highest BCUT2D eigenvalue weighted by molar-refractivity contribution is 5.78. The minimum absolute atomic E-state index is 0.104. The zero-order valence-electron chi connectivity index (χ0n) is 12.8. The number of carbonyl (C=O) groups is 1. The van der Waals surface area contributed by atoms with E-state index in [1.54, 1.807) is 4.90 Å². The summed E-state index contributed by atoms with van der Waals surface area (Å²) in [5, 5.41) is 0. The second kappa shape index (κ2) is 6.10. The van der Waals surface area contributed by atoms with Gasteiger partial charge in [-0.15, -0.1) is 0 Å². The highest BCUT2D eigenvalue weighted by Crippen LogP contribution is 2.32. The molecule has 1 amide bonds. The fraction of sp³-hybridized carbons (Fsp3) is 0.278. The number of hydrogen-bond acceptors (Lipinski definition) is 3. The summed E-state index contributed by atoms with van der Waals surface area (Å²) in [6, 6.07) is 13.8. The maximum atomic E-state index is 12.4. The molecule has 0 radical (unpaired) electrons. The zero-order chi connectivity index (χ0) is 15.5. The van der Waals surface area contributed by atoms with E-state index in [9.17, 15) is 4.79 Å². The molecule has 22 heavy (non-hydrogen) atoms. The first-order valence-corrected chi connectivity index (χ1v) is 7.30. The van der Waals surface area contributed by atoms with E-state index < -0.39 is 0 Å². The van der Waals surface area contributed by atoms with E-state index in [1.807, 2.05) is 56.4 Å². The second-order valence-corrected chi connectivity index (χ2v) is 5.54. The highest BCUT2D eigenvalue weighted by Gasteiger charge is 2.16. The lowest BCUT2D eigenvalue weighted by Crippen LogP contribution is -2.27. The first kappa shape index (κ1) is 14.4. The van der Waals surface area contributed by atoms with Gasteiger partial charge in [0.25, 0.3) is 0 Å². The fourth-order valence-electron chi connectivity index (χ4n) is 2.51. The van der Waals surface area contributed by atoms with Crippen LogP contribution in [0.5, 0.6) is 11.5 Å². The van der Waals surface area contributed by atoms with Crippen molar-refractivity contribution >= 4 is 5.91 Å². The van der Waals surface area contributed by atoms with Crippen molar-refractivity contribution in [3.05, 3.63) is 59.2 Å². The second-order valence-electron chi connectivity index (χ2n) is 5.54. The van der Waals surface area contributed by atoms with Crippen molar-refractivity contribution in [3.63, 3.8) is 0 Å². The number of aryl methyl sites for hydroxylation is 1. The number of rotatable bonds is 4. The van der Waals surface area contributed by atoms with E-state index in [-0.39, 0.29) is 12.7 Å². The summed E-state index contributed by atoms with van der Waals surface area (Å²) in [4.78, 5) is 14.1. The summed E-state index contributed by atoms with van der Waals surface area (Å²) in [6.07, 6.45) is 0.424. The van der Waals surface area contributed by atoms with Crippen LogP contribution in [0.25, 0.3) is 0 Å². The molecular weight excluding hydrogens is 278 g/mol. The van der Waals surface area contributed by atoms with Gasteiger partial charge >= 0.3 is 0 Å². The van der Waals surface area contributed by atoms with Gasteiger partial charge in [0.05, 0.1) is 6.42 Å². The van der Waals surface area contributed by atoms with Gasteiger partial charge in [0.1, 0.15) is 0 Å². The summed E-state index contributed by atoms with van der Waals surface area (Å²) >= 11 is 0.